The van der Waals surface area contributed by atoms with Gasteiger partial charge in [-0.15, -0.1) is 0 Å². The van der Waals surface area contributed by atoms with Crippen molar-refractivity contribution in [3.05, 3.63) is 114 Å². The first kappa shape index (κ1) is 45.9. The second-order valence-electron chi connectivity index (χ2n) is 15.4. The quantitative estimate of drug-likeness (QED) is 0.0298. The molecule has 0 N–H and O–H groups in total. The number of carbonyl (C=O) groups is 2. The molecule has 4 rings (SSSR count). The molecule has 0 amide bonds. The molecule has 0 radical (unpaired) electrons. The molecule has 0 bridgehead atoms. The summed E-state index contributed by atoms with van der Waals surface area (Å²) in [6, 6.07) is 26.9. The number of unbranched alkanes of at least 4 members (excludes halogenated alkanes) is 18. The van der Waals surface area contributed by atoms with Crippen LogP contribution in [0.5, 0.6) is 23.0 Å². The van der Waals surface area contributed by atoms with Gasteiger partial charge in [-0.05, 0) is 102 Å². The third-order valence-electron chi connectivity index (χ3n) is 10.5. The Morgan fingerprint density at radius 3 is 1.22 bits per heavy atom. The lowest BCUT2D eigenvalue weighted by Crippen LogP contribution is -2.09. The van der Waals surface area contributed by atoms with Gasteiger partial charge in [0, 0.05) is 0 Å². The van der Waals surface area contributed by atoms with Crippen LogP contribution in [0.25, 0.3) is 17.2 Å². The maximum atomic E-state index is 13.1. The summed E-state index contributed by atoms with van der Waals surface area (Å²) in [5.41, 5.74) is 3.37. The monoisotopic (exact) mass is 789 g/mol. The van der Waals surface area contributed by atoms with Crippen LogP contribution in [0, 0.1) is 0 Å². The molecular formula is C52H68O6. The largest absolute Gasteiger partial charge is 0.494 e. The zero-order valence-corrected chi connectivity index (χ0v) is 35.5. The fourth-order valence-electron chi connectivity index (χ4n) is 7.01. The minimum absolute atomic E-state index is 0.412. The molecule has 0 aromatic heterocycles. The van der Waals surface area contributed by atoms with Crippen LogP contribution < -0.4 is 18.9 Å². The van der Waals surface area contributed by atoms with Gasteiger partial charge < -0.3 is 18.9 Å². The molecule has 0 fully saturated rings. The van der Waals surface area contributed by atoms with Crippen molar-refractivity contribution >= 4 is 18.0 Å². The van der Waals surface area contributed by atoms with E-state index in [1.54, 1.807) is 54.6 Å². The summed E-state index contributed by atoms with van der Waals surface area (Å²) < 4.78 is 23.1. The van der Waals surface area contributed by atoms with Crippen LogP contribution >= 0.6 is 0 Å². The number of esters is 2. The number of ether oxygens (including phenoxy) is 4. The second kappa shape index (κ2) is 27.7. The Balaban J connectivity index is 1.16. The number of benzene rings is 4. The Bertz CT molecular complexity index is 1740. The SMILES string of the molecule is C=Cc1cc(C(=O)Oc2ccc(OCCCCCCCCCCCC)cc2)ccc1-c1ccc(C(=O)Oc2ccc(OCCCCCCCCCCCC)cc2)cc1. The van der Waals surface area contributed by atoms with Crippen molar-refractivity contribution in [2.75, 3.05) is 13.2 Å². The van der Waals surface area contributed by atoms with E-state index in [0.717, 1.165) is 41.0 Å². The van der Waals surface area contributed by atoms with Gasteiger partial charge in [-0.25, -0.2) is 9.59 Å². The lowest BCUT2D eigenvalue weighted by atomic mass is 9.96. The molecule has 0 heterocycles. The van der Waals surface area contributed by atoms with Crippen LogP contribution in [0.3, 0.4) is 0 Å². The molecule has 0 unspecified atom stereocenters. The Labute approximate surface area is 349 Å². The first-order chi connectivity index (χ1) is 28.5. The van der Waals surface area contributed by atoms with Crippen LogP contribution in [0.4, 0.5) is 0 Å². The molecule has 0 aliphatic carbocycles. The molecule has 4 aromatic rings. The van der Waals surface area contributed by atoms with Gasteiger partial charge in [0.25, 0.3) is 0 Å². The van der Waals surface area contributed by atoms with E-state index in [9.17, 15) is 9.59 Å². The van der Waals surface area contributed by atoms with Crippen LogP contribution in [-0.4, -0.2) is 25.2 Å². The summed E-state index contributed by atoms with van der Waals surface area (Å²) in [6.45, 7) is 9.85. The van der Waals surface area contributed by atoms with Gasteiger partial charge in [0.15, 0.2) is 0 Å². The second-order valence-corrected chi connectivity index (χ2v) is 15.4. The number of hydrogen-bond donors (Lipinski definition) is 0. The third-order valence-corrected chi connectivity index (χ3v) is 10.5. The minimum atomic E-state index is -0.458. The molecule has 0 aliphatic rings. The summed E-state index contributed by atoms with van der Waals surface area (Å²) >= 11 is 0. The van der Waals surface area contributed by atoms with Crippen molar-refractivity contribution in [2.45, 2.75) is 142 Å². The van der Waals surface area contributed by atoms with Gasteiger partial charge in [0.1, 0.15) is 23.0 Å². The lowest BCUT2D eigenvalue weighted by molar-refractivity contribution is 0.0725. The fourth-order valence-corrected chi connectivity index (χ4v) is 7.01. The van der Waals surface area contributed by atoms with E-state index < -0.39 is 11.9 Å². The maximum Gasteiger partial charge on any atom is 0.343 e. The predicted octanol–water partition coefficient (Wildman–Crippen LogP) is 15.0. The molecule has 6 heteroatoms. The van der Waals surface area contributed by atoms with Gasteiger partial charge >= 0.3 is 11.9 Å². The van der Waals surface area contributed by atoms with Crippen molar-refractivity contribution in [1.82, 2.24) is 0 Å². The van der Waals surface area contributed by atoms with Crippen molar-refractivity contribution < 1.29 is 28.5 Å². The van der Waals surface area contributed by atoms with E-state index in [2.05, 4.69) is 20.4 Å². The molecule has 6 nitrogen and oxygen atoms in total. The van der Waals surface area contributed by atoms with E-state index >= 15 is 0 Å². The van der Waals surface area contributed by atoms with Crippen LogP contribution in [0.1, 0.15) is 169 Å². The lowest BCUT2D eigenvalue weighted by Gasteiger charge is -2.11. The Kier molecular flexibility index (Phi) is 21.9. The fraction of sp³-hybridized carbons (Fsp3) is 0.462. The molecule has 0 spiro atoms. The Morgan fingerprint density at radius 2 is 0.810 bits per heavy atom. The van der Waals surface area contributed by atoms with Gasteiger partial charge in [-0.2, -0.15) is 0 Å². The third kappa shape index (κ3) is 17.3. The summed E-state index contributed by atoms with van der Waals surface area (Å²) in [6.07, 6.45) is 27.5. The number of carbonyl (C=O) groups excluding carboxylic acids is 2. The average molecular weight is 789 g/mol. The minimum Gasteiger partial charge on any atom is -0.494 e. The summed E-state index contributed by atoms with van der Waals surface area (Å²) in [5.74, 6) is 1.54. The van der Waals surface area contributed by atoms with Gasteiger partial charge in [-0.3, -0.25) is 0 Å². The van der Waals surface area contributed by atoms with Crippen LogP contribution in [-0.2, 0) is 0 Å². The zero-order valence-electron chi connectivity index (χ0n) is 35.5. The van der Waals surface area contributed by atoms with Crippen molar-refractivity contribution in [3.63, 3.8) is 0 Å². The van der Waals surface area contributed by atoms with E-state index in [0.29, 0.717) is 35.8 Å². The highest BCUT2D eigenvalue weighted by molar-refractivity contribution is 5.94. The summed E-state index contributed by atoms with van der Waals surface area (Å²) in [7, 11) is 0. The van der Waals surface area contributed by atoms with E-state index in [1.807, 2.05) is 42.5 Å². The first-order valence-electron chi connectivity index (χ1n) is 22.3. The average Bonchev–Trinajstić information content (AvgIpc) is 3.25. The molecule has 0 atom stereocenters. The highest BCUT2D eigenvalue weighted by Gasteiger charge is 2.14. The molecule has 0 saturated carbocycles. The molecule has 4 aromatic carbocycles. The van der Waals surface area contributed by atoms with E-state index in [-0.39, 0.29) is 0 Å². The normalized spacial score (nSPS) is 10.9. The van der Waals surface area contributed by atoms with E-state index in [1.165, 1.54) is 116 Å². The number of rotatable bonds is 30. The molecule has 0 aliphatic heterocycles. The molecule has 0 saturated heterocycles. The van der Waals surface area contributed by atoms with Crippen molar-refractivity contribution in [1.29, 1.82) is 0 Å². The highest BCUT2D eigenvalue weighted by Crippen LogP contribution is 2.28. The van der Waals surface area contributed by atoms with Gasteiger partial charge in [-0.1, -0.05) is 160 Å². The van der Waals surface area contributed by atoms with E-state index in [4.69, 9.17) is 18.9 Å². The van der Waals surface area contributed by atoms with Gasteiger partial charge in [0.2, 0.25) is 0 Å². The Hall–Kier alpha value is -4.84. The number of hydrogen-bond acceptors (Lipinski definition) is 6. The standard InChI is InChI=1S/C52H68O6/c1-4-7-9-11-13-15-17-19-21-23-39-55-46-30-34-48(35-31-46)57-51(53)44-27-25-43(26-28-44)50-38-29-45(41-42(50)6-3)52(54)58-49-36-32-47(33-37-49)56-40-24-22-20-18-16-14-12-10-8-5-2/h6,25-38,41H,3-5,7-24,39-40H2,1-2H3. The van der Waals surface area contributed by atoms with Crippen molar-refractivity contribution in [2.24, 2.45) is 0 Å². The zero-order chi connectivity index (χ0) is 41.0. The maximum absolute atomic E-state index is 13.1. The highest BCUT2D eigenvalue weighted by atomic mass is 16.5. The summed E-state index contributed by atoms with van der Waals surface area (Å²) in [4.78, 5) is 26.0. The molecular weight excluding hydrogens is 721 g/mol. The van der Waals surface area contributed by atoms with Crippen LogP contribution in [0.15, 0.2) is 97.6 Å². The first-order valence-corrected chi connectivity index (χ1v) is 22.3. The topological polar surface area (TPSA) is 71.1 Å². The smallest absolute Gasteiger partial charge is 0.343 e. The summed E-state index contributed by atoms with van der Waals surface area (Å²) in [5, 5.41) is 0. The molecule has 58 heavy (non-hydrogen) atoms. The molecule has 312 valence electrons. The van der Waals surface area contributed by atoms with Gasteiger partial charge in [0.05, 0.1) is 24.3 Å². The van der Waals surface area contributed by atoms with Crippen molar-refractivity contribution in [3.8, 4) is 34.1 Å². The Morgan fingerprint density at radius 1 is 0.448 bits per heavy atom. The van der Waals surface area contributed by atoms with Crippen LogP contribution in [0.2, 0.25) is 0 Å². The predicted molar refractivity (Wildman–Crippen MR) is 239 cm³/mol.